The molecule has 0 fully saturated rings. The Morgan fingerprint density at radius 3 is 2.52 bits per heavy atom. The summed E-state index contributed by atoms with van der Waals surface area (Å²) >= 11 is 0. The van der Waals surface area contributed by atoms with Crippen LogP contribution in [-0.2, 0) is 0 Å². The fourth-order valence-corrected chi connectivity index (χ4v) is 2.64. The van der Waals surface area contributed by atoms with E-state index in [1.165, 1.54) is 16.3 Å². The second-order valence-corrected chi connectivity index (χ2v) is 5.40. The van der Waals surface area contributed by atoms with Crippen molar-refractivity contribution >= 4 is 16.5 Å². The van der Waals surface area contributed by atoms with Crippen LogP contribution in [-0.4, -0.2) is 0 Å². The van der Waals surface area contributed by atoms with Gasteiger partial charge in [0.2, 0.25) is 0 Å². The molecular formula is C19H18FN. The predicted molar refractivity (Wildman–Crippen MR) is 87.1 cm³/mol. The molecule has 1 nitrogen and oxygen atoms in total. The van der Waals surface area contributed by atoms with Crippen LogP contribution < -0.4 is 5.32 Å². The molecule has 1 N–H and O–H groups in total. The Labute approximate surface area is 124 Å². The number of aryl methyl sites for hydroxylation is 1. The van der Waals surface area contributed by atoms with Gasteiger partial charge in [-0.2, -0.15) is 0 Å². The highest BCUT2D eigenvalue weighted by atomic mass is 19.1. The molecule has 3 rings (SSSR count). The number of nitrogens with one attached hydrogen (secondary N) is 1. The Kier molecular flexibility index (Phi) is 3.61. The van der Waals surface area contributed by atoms with Gasteiger partial charge in [0.05, 0.1) is 0 Å². The van der Waals surface area contributed by atoms with E-state index in [2.05, 4.69) is 42.6 Å². The van der Waals surface area contributed by atoms with Crippen molar-refractivity contribution in [1.29, 1.82) is 0 Å². The molecular weight excluding hydrogens is 261 g/mol. The van der Waals surface area contributed by atoms with Crippen LogP contribution >= 0.6 is 0 Å². The standard InChI is InChI=1S/C19H18FN/c1-13-10-11-16(12-19(13)20)21-14(2)17-9-5-7-15-6-3-4-8-18(15)17/h3-12,14,21H,1-2H3. The van der Waals surface area contributed by atoms with Crippen LogP contribution in [0.3, 0.4) is 0 Å². The number of anilines is 1. The summed E-state index contributed by atoms with van der Waals surface area (Å²) in [6, 6.07) is 20.0. The van der Waals surface area contributed by atoms with E-state index in [4.69, 9.17) is 0 Å². The number of hydrogen-bond acceptors (Lipinski definition) is 1. The van der Waals surface area contributed by atoms with Gasteiger partial charge in [0, 0.05) is 11.7 Å². The van der Waals surface area contributed by atoms with Gasteiger partial charge in [0.1, 0.15) is 5.82 Å². The maximum Gasteiger partial charge on any atom is 0.128 e. The Morgan fingerprint density at radius 2 is 1.71 bits per heavy atom. The first-order valence-electron chi connectivity index (χ1n) is 7.15. The highest BCUT2D eigenvalue weighted by molar-refractivity contribution is 5.86. The lowest BCUT2D eigenvalue weighted by Crippen LogP contribution is -2.07. The molecule has 3 aromatic rings. The van der Waals surface area contributed by atoms with Crippen molar-refractivity contribution in [2.45, 2.75) is 19.9 Å². The third-order valence-corrected chi connectivity index (χ3v) is 3.84. The van der Waals surface area contributed by atoms with Crippen molar-refractivity contribution in [3.05, 3.63) is 77.6 Å². The molecule has 0 aliphatic rings. The Hall–Kier alpha value is -2.35. The molecule has 0 aromatic heterocycles. The summed E-state index contributed by atoms with van der Waals surface area (Å²) in [7, 11) is 0. The van der Waals surface area contributed by atoms with E-state index in [0.717, 1.165) is 5.69 Å². The molecule has 0 saturated heterocycles. The van der Waals surface area contributed by atoms with Gasteiger partial charge in [-0.15, -0.1) is 0 Å². The van der Waals surface area contributed by atoms with Crippen molar-refractivity contribution in [2.24, 2.45) is 0 Å². The van der Waals surface area contributed by atoms with Crippen LogP contribution in [0.25, 0.3) is 10.8 Å². The summed E-state index contributed by atoms with van der Waals surface area (Å²) in [5.41, 5.74) is 2.69. The summed E-state index contributed by atoms with van der Waals surface area (Å²) in [4.78, 5) is 0. The smallest absolute Gasteiger partial charge is 0.128 e. The SMILES string of the molecule is Cc1ccc(NC(C)c2cccc3ccccc23)cc1F. The number of rotatable bonds is 3. The van der Waals surface area contributed by atoms with Gasteiger partial charge >= 0.3 is 0 Å². The molecule has 0 aliphatic carbocycles. The van der Waals surface area contributed by atoms with Crippen LogP contribution in [0.5, 0.6) is 0 Å². The molecule has 1 unspecified atom stereocenters. The maximum atomic E-state index is 13.6. The Bertz CT molecular complexity index is 774. The van der Waals surface area contributed by atoms with Crippen LogP contribution in [0, 0.1) is 12.7 Å². The second kappa shape index (κ2) is 5.57. The fraction of sp³-hybridized carbons (Fsp3) is 0.158. The zero-order valence-electron chi connectivity index (χ0n) is 12.2. The van der Waals surface area contributed by atoms with Crippen molar-refractivity contribution in [3.8, 4) is 0 Å². The quantitative estimate of drug-likeness (QED) is 0.671. The molecule has 0 bridgehead atoms. The van der Waals surface area contributed by atoms with Gasteiger partial charge in [-0.25, -0.2) is 4.39 Å². The number of hydrogen-bond donors (Lipinski definition) is 1. The van der Waals surface area contributed by atoms with Crippen LogP contribution in [0.2, 0.25) is 0 Å². The molecule has 3 aromatic carbocycles. The van der Waals surface area contributed by atoms with Crippen LogP contribution in [0.15, 0.2) is 60.7 Å². The minimum atomic E-state index is -0.176. The molecule has 0 heterocycles. The van der Waals surface area contributed by atoms with Crippen LogP contribution in [0.4, 0.5) is 10.1 Å². The Morgan fingerprint density at radius 1 is 0.952 bits per heavy atom. The zero-order chi connectivity index (χ0) is 14.8. The summed E-state index contributed by atoms with van der Waals surface area (Å²) < 4.78 is 13.6. The molecule has 1 atom stereocenters. The third-order valence-electron chi connectivity index (χ3n) is 3.84. The topological polar surface area (TPSA) is 12.0 Å². The van der Waals surface area contributed by atoms with Gasteiger partial charge in [0.15, 0.2) is 0 Å². The monoisotopic (exact) mass is 279 g/mol. The van der Waals surface area contributed by atoms with Gasteiger partial charge in [-0.3, -0.25) is 0 Å². The zero-order valence-corrected chi connectivity index (χ0v) is 12.2. The molecule has 2 heteroatoms. The van der Waals surface area contributed by atoms with E-state index < -0.39 is 0 Å². The van der Waals surface area contributed by atoms with E-state index >= 15 is 0 Å². The van der Waals surface area contributed by atoms with E-state index in [9.17, 15) is 4.39 Å². The van der Waals surface area contributed by atoms with Gasteiger partial charge < -0.3 is 5.32 Å². The summed E-state index contributed by atoms with van der Waals surface area (Å²) in [6.45, 7) is 3.87. The van der Waals surface area contributed by atoms with Crippen molar-refractivity contribution in [3.63, 3.8) is 0 Å². The lowest BCUT2D eigenvalue weighted by molar-refractivity contribution is 0.618. The molecule has 0 aliphatic heterocycles. The third kappa shape index (κ3) is 2.75. The molecule has 0 radical (unpaired) electrons. The molecule has 0 saturated carbocycles. The average molecular weight is 279 g/mol. The van der Waals surface area contributed by atoms with Crippen LogP contribution in [0.1, 0.15) is 24.1 Å². The fourth-order valence-electron chi connectivity index (χ4n) is 2.64. The second-order valence-electron chi connectivity index (χ2n) is 5.40. The summed E-state index contributed by atoms with van der Waals surface area (Å²) in [5.74, 6) is -0.176. The highest BCUT2D eigenvalue weighted by Gasteiger charge is 2.09. The van der Waals surface area contributed by atoms with Crippen molar-refractivity contribution in [2.75, 3.05) is 5.32 Å². The largest absolute Gasteiger partial charge is 0.378 e. The molecule has 106 valence electrons. The lowest BCUT2D eigenvalue weighted by Gasteiger charge is -2.18. The average Bonchev–Trinajstić information content (AvgIpc) is 2.50. The maximum absolute atomic E-state index is 13.6. The molecule has 0 spiro atoms. The van der Waals surface area contributed by atoms with E-state index in [1.807, 2.05) is 18.2 Å². The minimum absolute atomic E-state index is 0.109. The normalized spacial score (nSPS) is 12.3. The van der Waals surface area contributed by atoms with Gasteiger partial charge in [-0.05, 0) is 47.9 Å². The van der Waals surface area contributed by atoms with E-state index in [1.54, 1.807) is 19.1 Å². The highest BCUT2D eigenvalue weighted by Crippen LogP contribution is 2.27. The lowest BCUT2D eigenvalue weighted by atomic mass is 9.99. The van der Waals surface area contributed by atoms with Gasteiger partial charge in [-0.1, -0.05) is 48.5 Å². The van der Waals surface area contributed by atoms with E-state index in [0.29, 0.717) is 5.56 Å². The molecule has 0 amide bonds. The van der Waals surface area contributed by atoms with Crippen molar-refractivity contribution < 1.29 is 4.39 Å². The number of fused-ring (bicyclic) bond motifs is 1. The molecule has 21 heavy (non-hydrogen) atoms. The first kappa shape index (κ1) is 13.6. The van der Waals surface area contributed by atoms with E-state index in [-0.39, 0.29) is 11.9 Å². The summed E-state index contributed by atoms with van der Waals surface area (Å²) in [5, 5.41) is 5.83. The summed E-state index contributed by atoms with van der Waals surface area (Å²) in [6.07, 6.45) is 0. The first-order valence-corrected chi connectivity index (χ1v) is 7.15. The van der Waals surface area contributed by atoms with Crippen molar-refractivity contribution in [1.82, 2.24) is 0 Å². The number of halogens is 1. The predicted octanol–water partition coefficient (Wildman–Crippen LogP) is 5.46. The first-order chi connectivity index (χ1) is 10.1. The minimum Gasteiger partial charge on any atom is -0.378 e. The Balaban J connectivity index is 1.93. The number of benzene rings is 3. The van der Waals surface area contributed by atoms with Gasteiger partial charge in [0.25, 0.3) is 0 Å².